The highest BCUT2D eigenvalue weighted by molar-refractivity contribution is 5.77. The van der Waals surface area contributed by atoms with Gasteiger partial charge in [0.05, 0.1) is 0 Å². The Morgan fingerprint density at radius 3 is 3.00 bits per heavy atom. The fourth-order valence-corrected chi connectivity index (χ4v) is 4.26. The fraction of sp³-hybridized carbons (Fsp3) is 0.632. The number of hydrogen-bond acceptors (Lipinski definition) is 4. The molecule has 0 bridgehead atoms. The van der Waals surface area contributed by atoms with E-state index in [9.17, 15) is 4.79 Å². The first-order chi connectivity index (χ1) is 12.1. The molecule has 4 rings (SSSR count). The van der Waals surface area contributed by atoms with Gasteiger partial charge in [-0.1, -0.05) is 26.2 Å². The highest BCUT2D eigenvalue weighted by atomic mass is 16.2. The summed E-state index contributed by atoms with van der Waals surface area (Å²) < 4.78 is 1.77. The molecule has 1 aliphatic carbocycles. The molecule has 1 N–H and O–H groups in total. The van der Waals surface area contributed by atoms with Gasteiger partial charge in [0.25, 0.3) is 0 Å². The Labute approximate surface area is 148 Å². The number of rotatable bonds is 4. The van der Waals surface area contributed by atoms with E-state index in [0.29, 0.717) is 12.3 Å². The van der Waals surface area contributed by atoms with Crippen LogP contribution in [-0.2, 0) is 4.79 Å². The molecule has 6 nitrogen and oxygen atoms in total. The van der Waals surface area contributed by atoms with Gasteiger partial charge in [-0.25, -0.2) is 9.50 Å². The van der Waals surface area contributed by atoms with Crippen LogP contribution in [0.15, 0.2) is 24.5 Å². The normalized spacial score (nSPS) is 23.1. The van der Waals surface area contributed by atoms with E-state index >= 15 is 0 Å². The number of imidazole rings is 1. The van der Waals surface area contributed by atoms with Crippen LogP contribution in [0.1, 0.15) is 51.9 Å². The van der Waals surface area contributed by atoms with Gasteiger partial charge in [-0.2, -0.15) is 0 Å². The molecule has 3 heterocycles. The lowest BCUT2D eigenvalue weighted by atomic mass is 9.73. The second-order valence-electron chi connectivity index (χ2n) is 7.97. The Balaban J connectivity index is 1.33. The van der Waals surface area contributed by atoms with Gasteiger partial charge in [0.1, 0.15) is 5.82 Å². The average molecular weight is 341 g/mol. The number of likely N-dealkylation sites (tertiary alicyclic amines) is 1. The van der Waals surface area contributed by atoms with Gasteiger partial charge in [-0.15, -0.1) is 5.10 Å². The summed E-state index contributed by atoms with van der Waals surface area (Å²) in [6.45, 7) is 3.92. The first-order valence-corrected chi connectivity index (χ1v) is 9.46. The SMILES string of the molecule is CC1(CC(=O)N2CCC(Nc3ccc4nccn4n3)C2)CCCCC1. The topological polar surface area (TPSA) is 62.5 Å². The van der Waals surface area contributed by atoms with Crippen LogP contribution >= 0.6 is 0 Å². The Hall–Kier alpha value is -2.11. The molecule has 25 heavy (non-hydrogen) atoms. The first kappa shape index (κ1) is 16.4. The van der Waals surface area contributed by atoms with Crippen LogP contribution in [0.4, 0.5) is 5.82 Å². The van der Waals surface area contributed by atoms with E-state index in [-0.39, 0.29) is 11.5 Å². The summed E-state index contributed by atoms with van der Waals surface area (Å²) in [5.41, 5.74) is 1.06. The van der Waals surface area contributed by atoms with Crippen molar-refractivity contribution in [3.63, 3.8) is 0 Å². The molecule has 2 aromatic rings. The zero-order valence-corrected chi connectivity index (χ0v) is 14.9. The number of hydrogen-bond donors (Lipinski definition) is 1. The van der Waals surface area contributed by atoms with Gasteiger partial charge in [-0.3, -0.25) is 4.79 Å². The number of nitrogens with one attached hydrogen (secondary N) is 1. The van der Waals surface area contributed by atoms with Crippen molar-refractivity contribution in [1.29, 1.82) is 0 Å². The Morgan fingerprint density at radius 2 is 2.16 bits per heavy atom. The zero-order chi connectivity index (χ0) is 17.3. The van der Waals surface area contributed by atoms with Crippen LogP contribution in [0.3, 0.4) is 0 Å². The largest absolute Gasteiger partial charge is 0.364 e. The number of carbonyl (C=O) groups is 1. The van der Waals surface area contributed by atoms with Crippen LogP contribution in [0.5, 0.6) is 0 Å². The molecule has 134 valence electrons. The predicted octanol–water partition coefficient (Wildman–Crippen LogP) is 3.10. The summed E-state index contributed by atoms with van der Waals surface area (Å²) in [4.78, 5) is 19.0. The van der Waals surface area contributed by atoms with Gasteiger partial charge < -0.3 is 10.2 Å². The molecule has 1 amide bonds. The van der Waals surface area contributed by atoms with Gasteiger partial charge >= 0.3 is 0 Å². The quantitative estimate of drug-likeness (QED) is 0.928. The van der Waals surface area contributed by atoms with Crippen molar-refractivity contribution in [3.8, 4) is 0 Å². The third kappa shape index (κ3) is 3.62. The van der Waals surface area contributed by atoms with Crippen LogP contribution in [0.25, 0.3) is 5.65 Å². The molecular weight excluding hydrogens is 314 g/mol. The van der Waals surface area contributed by atoms with E-state index in [1.54, 1.807) is 10.7 Å². The minimum atomic E-state index is 0.217. The molecule has 2 fully saturated rings. The number of fused-ring (bicyclic) bond motifs is 1. The van der Waals surface area contributed by atoms with E-state index in [1.807, 2.05) is 23.2 Å². The van der Waals surface area contributed by atoms with E-state index < -0.39 is 0 Å². The van der Waals surface area contributed by atoms with Crippen molar-refractivity contribution in [2.75, 3.05) is 18.4 Å². The average Bonchev–Trinajstić information content (AvgIpc) is 3.24. The zero-order valence-electron chi connectivity index (χ0n) is 14.9. The van der Waals surface area contributed by atoms with E-state index in [2.05, 4.69) is 22.3 Å². The second-order valence-corrected chi connectivity index (χ2v) is 7.97. The summed E-state index contributed by atoms with van der Waals surface area (Å²) in [6.07, 6.45) is 11.5. The monoisotopic (exact) mass is 341 g/mol. The number of carbonyl (C=O) groups excluding carboxylic acids is 1. The van der Waals surface area contributed by atoms with Gasteiger partial charge in [0.2, 0.25) is 5.91 Å². The molecule has 1 saturated heterocycles. The molecule has 1 atom stereocenters. The molecule has 6 heteroatoms. The van der Waals surface area contributed by atoms with Gasteiger partial charge in [-0.05, 0) is 36.8 Å². The van der Waals surface area contributed by atoms with E-state index in [4.69, 9.17) is 0 Å². The minimum Gasteiger partial charge on any atom is -0.364 e. The third-order valence-corrected chi connectivity index (χ3v) is 5.79. The van der Waals surface area contributed by atoms with Crippen molar-refractivity contribution in [1.82, 2.24) is 19.5 Å². The number of aromatic nitrogens is 3. The lowest BCUT2D eigenvalue weighted by Gasteiger charge is -2.34. The number of amides is 1. The first-order valence-electron chi connectivity index (χ1n) is 9.46. The van der Waals surface area contributed by atoms with E-state index in [1.165, 1.54) is 32.1 Å². The highest BCUT2D eigenvalue weighted by Crippen LogP contribution is 2.39. The maximum atomic E-state index is 12.7. The Bertz CT molecular complexity index is 749. The van der Waals surface area contributed by atoms with Crippen molar-refractivity contribution in [2.45, 2.75) is 57.9 Å². The molecular formula is C19H27N5O. The second kappa shape index (κ2) is 6.65. The smallest absolute Gasteiger partial charge is 0.223 e. The minimum absolute atomic E-state index is 0.217. The molecule has 2 aromatic heterocycles. The molecule has 0 aromatic carbocycles. The van der Waals surface area contributed by atoms with Crippen LogP contribution in [-0.4, -0.2) is 44.5 Å². The van der Waals surface area contributed by atoms with Crippen LogP contribution < -0.4 is 5.32 Å². The molecule has 0 radical (unpaired) electrons. The Kier molecular flexibility index (Phi) is 4.36. The lowest BCUT2D eigenvalue weighted by molar-refractivity contribution is -0.133. The molecule has 0 spiro atoms. The van der Waals surface area contributed by atoms with Crippen molar-refractivity contribution in [2.24, 2.45) is 5.41 Å². The third-order valence-electron chi connectivity index (χ3n) is 5.79. The summed E-state index contributed by atoms with van der Waals surface area (Å²) >= 11 is 0. The van der Waals surface area contributed by atoms with Gasteiger partial charge in [0.15, 0.2) is 5.65 Å². The summed E-state index contributed by atoms with van der Waals surface area (Å²) in [7, 11) is 0. The van der Waals surface area contributed by atoms with Crippen molar-refractivity contribution in [3.05, 3.63) is 24.5 Å². The molecule has 1 unspecified atom stereocenters. The Morgan fingerprint density at radius 1 is 1.32 bits per heavy atom. The van der Waals surface area contributed by atoms with Crippen molar-refractivity contribution >= 4 is 17.4 Å². The van der Waals surface area contributed by atoms with Crippen LogP contribution in [0, 0.1) is 5.41 Å². The maximum absolute atomic E-state index is 12.7. The lowest BCUT2D eigenvalue weighted by Crippen LogP contribution is -2.35. The standard InChI is InChI=1S/C19H27N5O/c1-19(8-3-2-4-9-19)13-18(25)23-11-7-15(14-23)21-16-5-6-17-20-10-12-24(17)22-16/h5-6,10,12,15H,2-4,7-9,11,13-14H2,1H3,(H,21,22). The molecule has 1 aliphatic heterocycles. The maximum Gasteiger partial charge on any atom is 0.223 e. The molecule has 1 saturated carbocycles. The highest BCUT2D eigenvalue weighted by Gasteiger charge is 2.33. The number of anilines is 1. The number of nitrogens with zero attached hydrogens (tertiary/aromatic N) is 4. The predicted molar refractivity (Wildman–Crippen MR) is 97.4 cm³/mol. The summed E-state index contributed by atoms with van der Waals surface area (Å²) in [5, 5.41) is 7.98. The summed E-state index contributed by atoms with van der Waals surface area (Å²) in [5.74, 6) is 1.16. The molecule has 2 aliphatic rings. The van der Waals surface area contributed by atoms with Gasteiger partial charge in [0, 0.05) is 37.9 Å². The van der Waals surface area contributed by atoms with E-state index in [0.717, 1.165) is 31.0 Å². The van der Waals surface area contributed by atoms with Crippen molar-refractivity contribution < 1.29 is 4.79 Å². The summed E-state index contributed by atoms with van der Waals surface area (Å²) in [6, 6.07) is 4.18. The van der Waals surface area contributed by atoms with Crippen LogP contribution in [0.2, 0.25) is 0 Å². The fourth-order valence-electron chi connectivity index (χ4n) is 4.26.